The summed E-state index contributed by atoms with van der Waals surface area (Å²) >= 11 is 0. The molecule has 0 aliphatic rings. The monoisotopic (exact) mass is 186 g/mol. The molecule has 0 spiro atoms. The Morgan fingerprint density at radius 1 is 1.31 bits per heavy atom. The highest BCUT2D eigenvalue weighted by molar-refractivity contribution is 4.93. The molecule has 2 heteroatoms. The summed E-state index contributed by atoms with van der Waals surface area (Å²) in [7, 11) is 0. The zero-order valence-electron chi connectivity index (χ0n) is 9.30. The zero-order chi connectivity index (χ0) is 10.1. The summed E-state index contributed by atoms with van der Waals surface area (Å²) < 4.78 is 10.7. The maximum atomic E-state index is 5.52. The summed E-state index contributed by atoms with van der Waals surface area (Å²) in [6.07, 6.45) is 3.50. The standard InChI is InChI=1S/C11H22O2/c1-5-12-8-9-13-11(4)7-6-10(2)3/h6,11H,5,7-9H2,1-4H3. The minimum absolute atomic E-state index is 0.301. The number of allylic oxidation sites excluding steroid dienone is 1. The van der Waals surface area contributed by atoms with Gasteiger partial charge in [-0.2, -0.15) is 0 Å². The highest BCUT2D eigenvalue weighted by Crippen LogP contribution is 2.01. The molecule has 0 aromatic carbocycles. The van der Waals surface area contributed by atoms with E-state index in [0.717, 1.165) is 13.0 Å². The molecular formula is C11H22O2. The Kier molecular flexibility index (Phi) is 8.05. The molecule has 13 heavy (non-hydrogen) atoms. The second-order valence-corrected chi connectivity index (χ2v) is 3.40. The predicted octanol–water partition coefficient (Wildman–Crippen LogP) is 2.78. The van der Waals surface area contributed by atoms with Crippen LogP contribution in [-0.4, -0.2) is 25.9 Å². The smallest absolute Gasteiger partial charge is 0.0704 e. The van der Waals surface area contributed by atoms with Crippen LogP contribution in [0.4, 0.5) is 0 Å². The van der Waals surface area contributed by atoms with Gasteiger partial charge in [0.25, 0.3) is 0 Å². The van der Waals surface area contributed by atoms with E-state index in [2.05, 4.69) is 26.8 Å². The lowest BCUT2D eigenvalue weighted by Crippen LogP contribution is -2.12. The maximum Gasteiger partial charge on any atom is 0.0704 e. The van der Waals surface area contributed by atoms with E-state index in [1.54, 1.807) is 0 Å². The van der Waals surface area contributed by atoms with Gasteiger partial charge < -0.3 is 9.47 Å². The van der Waals surface area contributed by atoms with E-state index in [1.807, 2.05) is 6.92 Å². The number of ether oxygens (including phenoxy) is 2. The minimum Gasteiger partial charge on any atom is -0.379 e. The Morgan fingerprint density at radius 2 is 2.00 bits per heavy atom. The molecule has 78 valence electrons. The van der Waals surface area contributed by atoms with Crippen molar-refractivity contribution in [3.63, 3.8) is 0 Å². The van der Waals surface area contributed by atoms with Gasteiger partial charge in [0.1, 0.15) is 0 Å². The highest BCUT2D eigenvalue weighted by Gasteiger charge is 1.98. The molecule has 0 aromatic heterocycles. The van der Waals surface area contributed by atoms with E-state index in [0.29, 0.717) is 19.3 Å². The molecule has 0 aliphatic carbocycles. The summed E-state index contributed by atoms with van der Waals surface area (Å²) in [4.78, 5) is 0. The fourth-order valence-corrected chi connectivity index (χ4v) is 0.922. The van der Waals surface area contributed by atoms with Gasteiger partial charge in [-0.3, -0.25) is 0 Å². The van der Waals surface area contributed by atoms with Crippen molar-refractivity contribution in [3.05, 3.63) is 11.6 Å². The quantitative estimate of drug-likeness (QED) is 0.449. The number of hydrogen-bond donors (Lipinski definition) is 0. The van der Waals surface area contributed by atoms with Crippen molar-refractivity contribution in [2.24, 2.45) is 0 Å². The molecule has 0 heterocycles. The second kappa shape index (κ2) is 8.27. The topological polar surface area (TPSA) is 18.5 Å². The second-order valence-electron chi connectivity index (χ2n) is 3.40. The summed E-state index contributed by atoms with van der Waals surface area (Å²) in [6, 6.07) is 0. The van der Waals surface area contributed by atoms with Crippen LogP contribution in [0.1, 0.15) is 34.1 Å². The average Bonchev–Trinajstić information content (AvgIpc) is 2.09. The molecule has 0 rings (SSSR count). The SMILES string of the molecule is CCOCCOC(C)CC=C(C)C. The van der Waals surface area contributed by atoms with Crippen LogP contribution in [0.3, 0.4) is 0 Å². The van der Waals surface area contributed by atoms with Gasteiger partial charge >= 0.3 is 0 Å². The van der Waals surface area contributed by atoms with Gasteiger partial charge in [-0.25, -0.2) is 0 Å². The van der Waals surface area contributed by atoms with Gasteiger partial charge in [0, 0.05) is 6.61 Å². The van der Waals surface area contributed by atoms with Crippen molar-refractivity contribution < 1.29 is 9.47 Å². The van der Waals surface area contributed by atoms with Crippen LogP contribution in [0.2, 0.25) is 0 Å². The Morgan fingerprint density at radius 3 is 2.54 bits per heavy atom. The molecule has 0 N–H and O–H groups in total. The van der Waals surface area contributed by atoms with E-state index in [4.69, 9.17) is 9.47 Å². The first-order valence-electron chi connectivity index (χ1n) is 4.99. The fraction of sp³-hybridized carbons (Fsp3) is 0.818. The highest BCUT2D eigenvalue weighted by atomic mass is 16.5. The number of rotatable bonds is 7. The van der Waals surface area contributed by atoms with Gasteiger partial charge in [0.15, 0.2) is 0 Å². The lowest BCUT2D eigenvalue weighted by Gasteiger charge is -2.10. The lowest BCUT2D eigenvalue weighted by atomic mass is 10.2. The van der Waals surface area contributed by atoms with Crippen molar-refractivity contribution in [1.82, 2.24) is 0 Å². The van der Waals surface area contributed by atoms with Crippen molar-refractivity contribution >= 4 is 0 Å². The Labute approximate surface area is 81.9 Å². The average molecular weight is 186 g/mol. The molecule has 1 unspecified atom stereocenters. The third-order valence-corrected chi connectivity index (χ3v) is 1.69. The Bertz CT molecular complexity index is 137. The van der Waals surface area contributed by atoms with Crippen LogP contribution < -0.4 is 0 Å². The van der Waals surface area contributed by atoms with E-state index < -0.39 is 0 Å². The van der Waals surface area contributed by atoms with Crippen LogP contribution in [0, 0.1) is 0 Å². The molecule has 0 saturated heterocycles. The van der Waals surface area contributed by atoms with Crippen LogP contribution in [0.5, 0.6) is 0 Å². The molecule has 0 amide bonds. The first kappa shape index (κ1) is 12.7. The molecule has 0 fully saturated rings. The molecule has 2 nitrogen and oxygen atoms in total. The van der Waals surface area contributed by atoms with Crippen LogP contribution in [0.25, 0.3) is 0 Å². The van der Waals surface area contributed by atoms with E-state index >= 15 is 0 Å². The van der Waals surface area contributed by atoms with Crippen molar-refractivity contribution in [2.45, 2.75) is 40.2 Å². The van der Waals surface area contributed by atoms with Crippen LogP contribution in [-0.2, 0) is 9.47 Å². The molecule has 0 aliphatic heterocycles. The van der Waals surface area contributed by atoms with Crippen molar-refractivity contribution in [1.29, 1.82) is 0 Å². The molecular weight excluding hydrogens is 164 g/mol. The maximum absolute atomic E-state index is 5.52. The third-order valence-electron chi connectivity index (χ3n) is 1.69. The Hall–Kier alpha value is -0.340. The van der Waals surface area contributed by atoms with Gasteiger partial charge in [0.2, 0.25) is 0 Å². The zero-order valence-corrected chi connectivity index (χ0v) is 9.30. The van der Waals surface area contributed by atoms with E-state index in [9.17, 15) is 0 Å². The lowest BCUT2D eigenvalue weighted by molar-refractivity contribution is 0.0167. The first-order chi connectivity index (χ1) is 6.16. The van der Waals surface area contributed by atoms with Gasteiger partial charge in [0.05, 0.1) is 19.3 Å². The Balaban J connectivity index is 3.30. The van der Waals surface area contributed by atoms with Crippen LogP contribution >= 0.6 is 0 Å². The minimum atomic E-state index is 0.301. The van der Waals surface area contributed by atoms with Crippen molar-refractivity contribution in [3.8, 4) is 0 Å². The molecule has 0 aromatic rings. The predicted molar refractivity (Wildman–Crippen MR) is 56.0 cm³/mol. The van der Waals surface area contributed by atoms with Gasteiger partial charge in [-0.1, -0.05) is 11.6 Å². The summed E-state index contributed by atoms with van der Waals surface area (Å²) in [6.45, 7) is 10.5. The molecule has 0 bridgehead atoms. The van der Waals surface area contributed by atoms with Crippen LogP contribution in [0.15, 0.2) is 11.6 Å². The van der Waals surface area contributed by atoms with E-state index in [1.165, 1.54) is 5.57 Å². The third kappa shape index (κ3) is 9.57. The van der Waals surface area contributed by atoms with Gasteiger partial charge in [-0.15, -0.1) is 0 Å². The first-order valence-corrected chi connectivity index (χ1v) is 4.99. The fourth-order valence-electron chi connectivity index (χ4n) is 0.922. The van der Waals surface area contributed by atoms with E-state index in [-0.39, 0.29) is 0 Å². The van der Waals surface area contributed by atoms with Crippen molar-refractivity contribution in [2.75, 3.05) is 19.8 Å². The summed E-state index contributed by atoms with van der Waals surface area (Å²) in [5, 5.41) is 0. The largest absolute Gasteiger partial charge is 0.379 e. The normalized spacial score (nSPS) is 12.6. The number of hydrogen-bond acceptors (Lipinski definition) is 2. The molecule has 0 saturated carbocycles. The summed E-state index contributed by atoms with van der Waals surface area (Å²) in [5.41, 5.74) is 1.35. The molecule has 1 atom stereocenters. The summed E-state index contributed by atoms with van der Waals surface area (Å²) in [5.74, 6) is 0. The van der Waals surface area contributed by atoms with Gasteiger partial charge in [-0.05, 0) is 34.1 Å². The molecule has 0 radical (unpaired) electrons.